The van der Waals surface area contributed by atoms with Gasteiger partial charge in [0.05, 0.1) is 42.5 Å². The second-order valence-electron chi connectivity index (χ2n) is 10.5. The summed E-state index contributed by atoms with van der Waals surface area (Å²) in [7, 11) is 0. The number of amides is 4. The fraction of sp³-hybridized carbons (Fsp3) is 0.0303. The van der Waals surface area contributed by atoms with E-state index in [1.807, 2.05) is 19.1 Å². The Morgan fingerprint density at radius 1 is 0.872 bits per heavy atom. The third-order valence-corrected chi connectivity index (χ3v) is 9.91. The Labute approximate surface area is 279 Å². The fourth-order valence-electron chi connectivity index (χ4n) is 5.20. The third kappa shape index (κ3) is 5.37. The molecular weight excluding hydrogens is 659 g/mol. The first-order chi connectivity index (χ1) is 22.6. The predicted octanol–water partition coefficient (Wildman–Crippen LogP) is 6.30. The largest absolute Gasteiger partial charge is 0.298 e. The number of anilines is 2. The van der Waals surface area contributed by atoms with Gasteiger partial charge in [-0.25, -0.2) is 9.88 Å². The highest BCUT2D eigenvalue weighted by atomic mass is 32.2. The first-order valence-electron chi connectivity index (χ1n) is 13.9. The number of carbonyl (C=O) groups excluding carboxylic acids is 4. The second-order valence-corrected chi connectivity index (χ2v) is 13.2. The molecular formula is C33H19N5O6S3. The van der Waals surface area contributed by atoms with Crippen LogP contribution < -0.4 is 15.1 Å². The quantitative estimate of drug-likeness (QED) is 0.0547. The number of benzene rings is 4. The first kappa shape index (κ1) is 30.1. The maximum atomic E-state index is 13.4. The lowest BCUT2D eigenvalue weighted by Crippen LogP contribution is -2.54. The normalized spacial score (nSPS) is 15.5. The minimum Gasteiger partial charge on any atom is -0.298 e. The molecule has 11 nitrogen and oxygen atoms in total. The van der Waals surface area contributed by atoms with Gasteiger partial charge in [0.15, 0.2) is 9.45 Å². The van der Waals surface area contributed by atoms with Crippen molar-refractivity contribution in [1.29, 1.82) is 0 Å². The highest BCUT2D eigenvalue weighted by molar-refractivity contribution is 8.01. The van der Waals surface area contributed by atoms with Crippen molar-refractivity contribution in [3.05, 3.63) is 123 Å². The minimum atomic E-state index is -0.709. The summed E-state index contributed by atoms with van der Waals surface area (Å²) in [5.41, 5.74) is 2.92. The highest BCUT2D eigenvalue weighted by Gasteiger charge is 2.37. The minimum absolute atomic E-state index is 0.0644. The number of thiazole rings is 1. The zero-order chi connectivity index (χ0) is 33.0. The average molecular weight is 678 g/mol. The van der Waals surface area contributed by atoms with Gasteiger partial charge in [-0.2, -0.15) is 0 Å². The number of nitrogens with zero attached hydrogens (tertiary/aromatic N) is 4. The van der Waals surface area contributed by atoms with Crippen LogP contribution in [-0.2, 0) is 9.59 Å². The fourth-order valence-corrected chi connectivity index (χ4v) is 7.62. The van der Waals surface area contributed by atoms with Gasteiger partial charge in [-0.05, 0) is 79.3 Å². The number of aryl methyl sites for hydroxylation is 1. The summed E-state index contributed by atoms with van der Waals surface area (Å²) in [6.45, 7) is 1.90. The monoisotopic (exact) mass is 677 g/mol. The summed E-state index contributed by atoms with van der Waals surface area (Å²) in [5, 5.41) is 14.6. The van der Waals surface area contributed by atoms with Crippen LogP contribution in [0.4, 0.5) is 17.1 Å². The van der Waals surface area contributed by atoms with E-state index in [9.17, 15) is 29.3 Å². The van der Waals surface area contributed by atoms with E-state index < -0.39 is 28.6 Å². The van der Waals surface area contributed by atoms with Gasteiger partial charge in [0.1, 0.15) is 5.57 Å². The van der Waals surface area contributed by atoms with Gasteiger partial charge in [0, 0.05) is 6.07 Å². The van der Waals surface area contributed by atoms with Crippen LogP contribution in [0, 0.1) is 17.0 Å². The van der Waals surface area contributed by atoms with Gasteiger partial charge in [-0.3, -0.25) is 39.5 Å². The van der Waals surface area contributed by atoms with E-state index in [1.54, 1.807) is 60.7 Å². The van der Waals surface area contributed by atoms with Crippen LogP contribution in [0.5, 0.6) is 0 Å². The number of rotatable bonds is 6. The van der Waals surface area contributed by atoms with Crippen LogP contribution in [0.1, 0.15) is 31.8 Å². The molecule has 2 aliphatic rings. The van der Waals surface area contributed by atoms with Crippen LogP contribution in [0.15, 0.2) is 99.7 Å². The Morgan fingerprint density at radius 3 is 2.23 bits per heavy atom. The molecule has 0 bridgehead atoms. The molecule has 0 spiro atoms. The molecule has 4 aromatic carbocycles. The Bertz CT molecular complexity index is 2230. The number of nitrogens with one attached hydrogen (secondary N) is 1. The smallest absolute Gasteiger partial charge is 0.283 e. The molecule has 5 aromatic rings. The van der Waals surface area contributed by atoms with Gasteiger partial charge in [0.25, 0.3) is 29.3 Å². The molecule has 47 heavy (non-hydrogen) atoms. The summed E-state index contributed by atoms with van der Waals surface area (Å²) < 4.78 is 1.18. The van der Waals surface area contributed by atoms with Gasteiger partial charge in [0.2, 0.25) is 0 Å². The lowest BCUT2D eigenvalue weighted by atomic mass is 10.1. The summed E-state index contributed by atoms with van der Waals surface area (Å²) in [6, 6.07) is 23.1. The van der Waals surface area contributed by atoms with Crippen LogP contribution in [0.25, 0.3) is 16.3 Å². The topological polar surface area (TPSA) is 143 Å². The van der Waals surface area contributed by atoms with Crippen molar-refractivity contribution in [1.82, 2.24) is 10.3 Å². The molecule has 0 unspecified atom stereocenters. The van der Waals surface area contributed by atoms with Gasteiger partial charge in [-0.1, -0.05) is 47.7 Å². The van der Waals surface area contributed by atoms with Crippen molar-refractivity contribution in [2.24, 2.45) is 0 Å². The molecule has 1 fully saturated rings. The SMILES string of the molecule is Cc1ccc(N2C(=O)/C(=C/c3ccc(Sc4nc5ccc(N6C(=O)c7ccccc7C6=O)cc5s4)c([N+](=O)[O-])c3)C(=O)NC2=S)cc1. The number of nitro groups is 1. The van der Waals surface area contributed by atoms with Crippen molar-refractivity contribution < 1.29 is 24.1 Å². The summed E-state index contributed by atoms with van der Waals surface area (Å²) >= 11 is 7.58. The molecule has 3 heterocycles. The van der Waals surface area contributed by atoms with Crippen LogP contribution in [-0.4, -0.2) is 38.6 Å². The molecule has 2 aliphatic heterocycles. The summed E-state index contributed by atoms with van der Waals surface area (Å²) in [4.78, 5) is 70.8. The summed E-state index contributed by atoms with van der Waals surface area (Å²) in [5.74, 6) is -2.18. The molecule has 0 aliphatic carbocycles. The lowest BCUT2D eigenvalue weighted by Gasteiger charge is -2.29. The van der Waals surface area contributed by atoms with Crippen molar-refractivity contribution in [2.75, 3.05) is 9.80 Å². The van der Waals surface area contributed by atoms with Crippen LogP contribution in [0.3, 0.4) is 0 Å². The number of carbonyl (C=O) groups is 4. The van der Waals surface area contributed by atoms with Crippen molar-refractivity contribution in [3.8, 4) is 0 Å². The number of thiocarbonyl (C=S) groups is 1. The Balaban J connectivity index is 1.16. The molecule has 1 saturated heterocycles. The molecule has 1 N–H and O–H groups in total. The van der Waals surface area contributed by atoms with Gasteiger partial charge >= 0.3 is 0 Å². The predicted molar refractivity (Wildman–Crippen MR) is 182 cm³/mol. The van der Waals surface area contributed by atoms with E-state index in [0.717, 1.165) is 22.2 Å². The molecule has 0 saturated carbocycles. The molecule has 1 aromatic heterocycles. The van der Waals surface area contributed by atoms with E-state index >= 15 is 0 Å². The van der Waals surface area contributed by atoms with Crippen LogP contribution in [0.2, 0.25) is 0 Å². The molecule has 0 atom stereocenters. The maximum Gasteiger partial charge on any atom is 0.283 e. The second kappa shape index (κ2) is 11.7. The van der Waals surface area contributed by atoms with Crippen molar-refractivity contribution in [3.63, 3.8) is 0 Å². The van der Waals surface area contributed by atoms with Gasteiger partial charge < -0.3 is 0 Å². The number of aromatic nitrogens is 1. The Morgan fingerprint density at radius 2 is 1.55 bits per heavy atom. The lowest BCUT2D eigenvalue weighted by molar-refractivity contribution is -0.387. The number of nitro benzene ring substituents is 1. The van der Waals surface area contributed by atoms with E-state index in [2.05, 4.69) is 10.3 Å². The molecule has 4 amide bonds. The molecule has 7 rings (SSSR count). The standard InChI is InChI=1S/C33H19N5O6S3/c1-17-6-9-19(10-7-17)37-31(42)23(28(39)35-32(37)45)14-18-8-13-26(25(15-18)38(43)44)46-33-34-24-12-11-20(16-27(24)47-33)36-29(40)21-4-2-3-5-22(21)30(36)41/h2-16H,1H3,(H,35,39,45)/b23-14+. The molecule has 230 valence electrons. The zero-order valence-electron chi connectivity index (χ0n) is 24.1. The van der Waals surface area contributed by atoms with Crippen molar-refractivity contribution >= 4 is 97.4 Å². The zero-order valence-corrected chi connectivity index (χ0v) is 26.6. The third-order valence-electron chi connectivity index (χ3n) is 7.49. The molecule has 14 heteroatoms. The van der Waals surface area contributed by atoms with E-state index in [0.29, 0.717) is 42.0 Å². The number of fused-ring (bicyclic) bond motifs is 2. The summed E-state index contributed by atoms with van der Waals surface area (Å²) in [6.07, 6.45) is 1.29. The number of imide groups is 1. The number of hydrogen-bond acceptors (Lipinski definition) is 10. The first-order valence-corrected chi connectivity index (χ1v) is 16.0. The van der Waals surface area contributed by atoms with E-state index in [4.69, 9.17) is 12.2 Å². The molecule has 0 radical (unpaired) electrons. The average Bonchev–Trinajstić information content (AvgIpc) is 3.57. The van der Waals surface area contributed by atoms with E-state index in [-0.39, 0.29) is 21.9 Å². The Kier molecular flexibility index (Phi) is 7.47. The van der Waals surface area contributed by atoms with Crippen molar-refractivity contribution in [2.45, 2.75) is 16.2 Å². The van der Waals surface area contributed by atoms with Gasteiger partial charge in [-0.15, -0.1) is 11.3 Å². The number of hydrogen-bond donors (Lipinski definition) is 1. The Hall–Kier alpha value is -5.57. The van der Waals surface area contributed by atoms with E-state index in [1.165, 1.54) is 34.4 Å². The maximum absolute atomic E-state index is 13.4. The highest BCUT2D eigenvalue weighted by Crippen LogP contribution is 2.41. The van der Waals surface area contributed by atoms with Crippen LogP contribution >= 0.6 is 35.3 Å².